The van der Waals surface area contributed by atoms with Crippen molar-refractivity contribution in [2.75, 3.05) is 13.1 Å². The maximum absolute atomic E-state index is 10.5. The van der Waals surface area contributed by atoms with Crippen molar-refractivity contribution >= 4 is 31.9 Å². The fraction of sp³-hybridized carbons (Fsp3) is 0.333. The van der Waals surface area contributed by atoms with Gasteiger partial charge in [-0.2, -0.15) is 0 Å². The molecule has 6 nitrogen and oxygen atoms in total. The van der Waals surface area contributed by atoms with E-state index >= 15 is 0 Å². The van der Waals surface area contributed by atoms with Crippen molar-refractivity contribution in [3.8, 4) is 0 Å². The van der Waals surface area contributed by atoms with Gasteiger partial charge in [-0.1, -0.05) is 31.9 Å². The van der Waals surface area contributed by atoms with E-state index < -0.39 is 28.9 Å². The molecule has 0 unspecified atom stereocenters. The van der Waals surface area contributed by atoms with Gasteiger partial charge in [0.15, 0.2) is 0 Å². The van der Waals surface area contributed by atoms with Crippen LogP contribution in [0.2, 0.25) is 0 Å². The van der Waals surface area contributed by atoms with Gasteiger partial charge in [-0.05, 0) is 23.8 Å². The molecule has 0 bridgehead atoms. The van der Waals surface area contributed by atoms with Crippen molar-refractivity contribution in [1.82, 2.24) is 0 Å². The molecule has 1 aromatic rings. The van der Waals surface area contributed by atoms with E-state index in [1.807, 2.05) is 0 Å². The predicted molar refractivity (Wildman–Crippen MR) is 68.3 cm³/mol. The van der Waals surface area contributed by atoms with Crippen LogP contribution in [0.3, 0.4) is 0 Å². The van der Waals surface area contributed by atoms with Crippen LogP contribution in [0.4, 0.5) is 0 Å². The van der Waals surface area contributed by atoms with Gasteiger partial charge in [0, 0.05) is 18.8 Å². The molecule has 1 aromatic carbocycles. The van der Waals surface area contributed by atoms with Gasteiger partial charge in [0.1, 0.15) is 5.92 Å². The predicted octanol–water partition coefficient (Wildman–Crippen LogP) is 2.85. The van der Waals surface area contributed by atoms with Crippen LogP contribution in [-0.4, -0.2) is 22.9 Å². The van der Waals surface area contributed by atoms with Crippen LogP contribution in [0.25, 0.3) is 0 Å². The number of hydrogen-bond acceptors (Lipinski definition) is 4. The second-order valence-corrected chi connectivity index (χ2v) is 5.26. The van der Waals surface area contributed by atoms with Gasteiger partial charge in [0.2, 0.25) is 13.1 Å². The van der Waals surface area contributed by atoms with E-state index in [1.165, 1.54) is 0 Å². The number of nitro groups is 2. The SMILES string of the molecule is O=[N+]([O-])CC(C[N+](=O)[O-])c1cc(Br)cc(Br)c1. The van der Waals surface area contributed by atoms with Crippen molar-refractivity contribution in [3.63, 3.8) is 0 Å². The van der Waals surface area contributed by atoms with Gasteiger partial charge in [0.25, 0.3) is 0 Å². The third kappa shape index (κ3) is 4.78. The maximum atomic E-state index is 10.5. The molecule has 0 aromatic heterocycles. The van der Waals surface area contributed by atoms with Crippen LogP contribution in [0.15, 0.2) is 27.1 Å². The Kier molecular flexibility index (Phi) is 5.01. The highest BCUT2D eigenvalue weighted by Gasteiger charge is 2.24. The standard InChI is InChI=1S/C9H8Br2N2O4/c10-8-1-6(2-9(11)3-8)7(4-12(14)15)5-13(16)17/h1-3,7H,4-5H2. The Morgan fingerprint density at radius 1 is 1.00 bits per heavy atom. The zero-order valence-electron chi connectivity index (χ0n) is 8.51. The lowest BCUT2D eigenvalue weighted by Crippen LogP contribution is -2.20. The lowest BCUT2D eigenvalue weighted by Gasteiger charge is -2.10. The Bertz CT molecular complexity index is 416. The van der Waals surface area contributed by atoms with Crippen molar-refractivity contribution in [1.29, 1.82) is 0 Å². The topological polar surface area (TPSA) is 86.3 Å². The minimum Gasteiger partial charge on any atom is -0.265 e. The molecule has 0 N–H and O–H groups in total. The molecule has 17 heavy (non-hydrogen) atoms. The average Bonchev–Trinajstić information content (AvgIpc) is 2.13. The van der Waals surface area contributed by atoms with E-state index in [2.05, 4.69) is 31.9 Å². The number of halogens is 2. The third-order valence-electron chi connectivity index (χ3n) is 2.10. The molecule has 0 saturated carbocycles. The lowest BCUT2D eigenvalue weighted by molar-refractivity contribution is -0.516. The summed E-state index contributed by atoms with van der Waals surface area (Å²) in [4.78, 5) is 19.9. The first-order chi connectivity index (χ1) is 7.88. The zero-order valence-corrected chi connectivity index (χ0v) is 11.7. The van der Waals surface area contributed by atoms with Crippen LogP contribution in [0.5, 0.6) is 0 Å². The van der Waals surface area contributed by atoms with E-state index in [9.17, 15) is 20.2 Å². The third-order valence-corrected chi connectivity index (χ3v) is 3.01. The molecule has 0 radical (unpaired) electrons. The van der Waals surface area contributed by atoms with Crippen LogP contribution in [0.1, 0.15) is 11.5 Å². The smallest absolute Gasteiger partial charge is 0.217 e. The summed E-state index contributed by atoms with van der Waals surface area (Å²) in [6.45, 7) is -0.909. The van der Waals surface area contributed by atoms with Gasteiger partial charge in [-0.25, -0.2) is 0 Å². The van der Waals surface area contributed by atoms with E-state index in [1.54, 1.807) is 18.2 Å². The average molecular weight is 368 g/mol. The van der Waals surface area contributed by atoms with Crippen molar-refractivity contribution in [3.05, 3.63) is 52.9 Å². The van der Waals surface area contributed by atoms with Crippen LogP contribution >= 0.6 is 31.9 Å². The molecule has 0 aliphatic rings. The molecule has 0 atom stereocenters. The first-order valence-electron chi connectivity index (χ1n) is 4.58. The molecule has 0 aliphatic carbocycles. The molecule has 0 aliphatic heterocycles. The molecule has 92 valence electrons. The minimum atomic E-state index is -0.728. The fourth-order valence-corrected chi connectivity index (χ4v) is 2.77. The minimum absolute atomic E-state index is 0.454. The van der Waals surface area contributed by atoms with Crippen molar-refractivity contribution in [2.45, 2.75) is 5.92 Å². The molecule has 0 amide bonds. The van der Waals surface area contributed by atoms with Gasteiger partial charge in [-0.3, -0.25) is 20.2 Å². The van der Waals surface area contributed by atoms with Crippen LogP contribution in [-0.2, 0) is 0 Å². The summed E-state index contributed by atoms with van der Waals surface area (Å²) in [6.07, 6.45) is 0. The molecule has 0 saturated heterocycles. The second-order valence-electron chi connectivity index (χ2n) is 3.43. The van der Waals surface area contributed by atoms with E-state index in [0.29, 0.717) is 5.56 Å². The number of benzene rings is 1. The maximum Gasteiger partial charge on any atom is 0.217 e. The number of hydrogen-bond donors (Lipinski definition) is 0. The van der Waals surface area contributed by atoms with Gasteiger partial charge >= 0.3 is 0 Å². The monoisotopic (exact) mass is 366 g/mol. The summed E-state index contributed by atoms with van der Waals surface area (Å²) >= 11 is 6.49. The summed E-state index contributed by atoms with van der Waals surface area (Å²) in [5, 5.41) is 21.0. The van der Waals surface area contributed by atoms with Gasteiger partial charge < -0.3 is 0 Å². The van der Waals surface area contributed by atoms with Gasteiger partial charge in [-0.15, -0.1) is 0 Å². The summed E-state index contributed by atoms with van der Waals surface area (Å²) in [5.74, 6) is -0.728. The molecule has 0 spiro atoms. The highest BCUT2D eigenvalue weighted by atomic mass is 79.9. The van der Waals surface area contributed by atoms with Gasteiger partial charge in [0.05, 0.1) is 0 Å². The Balaban J connectivity index is 3.02. The first-order valence-corrected chi connectivity index (χ1v) is 6.16. The largest absolute Gasteiger partial charge is 0.265 e. The number of nitrogens with zero attached hydrogens (tertiary/aromatic N) is 2. The Labute approximate surface area is 114 Å². The quantitative estimate of drug-likeness (QED) is 0.591. The molecule has 8 heteroatoms. The lowest BCUT2D eigenvalue weighted by atomic mass is 9.99. The van der Waals surface area contributed by atoms with E-state index in [4.69, 9.17) is 0 Å². The summed E-state index contributed by atoms with van der Waals surface area (Å²) < 4.78 is 1.44. The highest BCUT2D eigenvalue weighted by Crippen LogP contribution is 2.25. The Morgan fingerprint density at radius 3 is 1.76 bits per heavy atom. The Morgan fingerprint density at radius 2 is 1.41 bits per heavy atom. The summed E-state index contributed by atoms with van der Waals surface area (Å²) in [7, 11) is 0. The fourth-order valence-electron chi connectivity index (χ4n) is 1.44. The highest BCUT2D eigenvalue weighted by molar-refractivity contribution is 9.11. The molecule has 0 heterocycles. The van der Waals surface area contributed by atoms with Crippen LogP contribution in [0, 0.1) is 20.2 Å². The molecule has 1 rings (SSSR count). The van der Waals surface area contributed by atoms with Crippen molar-refractivity contribution in [2.24, 2.45) is 0 Å². The summed E-state index contributed by atoms with van der Waals surface area (Å²) in [6, 6.07) is 5.07. The van der Waals surface area contributed by atoms with Crippen LogP contribution < -0.4 is 0 Å². The second kappa shape index (κ2) is 6.06. The number of rotatable bonds is 5. The Hall–Kier alpha value is -1.02. The van der Waals surface area contributed by atoms with E-state index in [0.717, 1.165) is 8.95 Å². The molecular formula is C9H8Br2N2O4. The van der Waals surface area contributed by atoms with E-state index in [-0.39, 0.29) is 0 Å². The first kappa shape index (κ1) is 14.0. The summed E-state index contributed by atoms with van der Waals surface area (Å²) in [5.41, 5.74) is 0.569. The molecular weight excluding hydrogens is 360 g/mol. The normalized spacial score (nSPS) is 10.5. The van der Waals surface area contributed by atoms with Crippen molar-refractivity contribution < 1.29 is 9.85 Å². The molecule has 0 fully saturated rings. The zero-order chi connectivity index (χ0) is 13.0.